The fourth-order valence-electron chi connectivity index (χ4n) is 5.54. The molecule has 2 saturated carbocycles. The van der Waals surface area contributed by atoms with Gasteiger partial charge in [-0.15, -0.1) is 0 Å². The van der Waals surface area contributed by atoms with Crippen molar-refractivity contribution in [2.24, 2.45) is 5.92 Å². The van der Waals surface area contributed by atoms with E-state index in [0.29, 0.717) is 31.0 Å². The van der Waals surface area contributed by atoms with E-state index in [1.807, 2.05) is 13.8 Å². The Morgan fingerprint density at radius 3 is 2.21 bits per heavy atom. The third-order valence-electron chi connectivity index (χ3n) is 7.14. The lowest BCUT2D eigenvalue weighted by atomic mass is 9.87. The molecular weight excluding hydrogens is 382 g/mol. The monoisotopic (exact) mass is 417 g/mol. The van der Waals surface area contributed by atoms with Crippen LogP contribution < -0.4 is 5.56 Å². The van der Waals surface area contributed by atoms with Crippen LogP contribution in [0.2, 0.25) is 0 Å². The van der Waals surface area contributed by atoms with Crippen molar-refractivity contribution in [1.29, 1.82) is 0 Å². The van der Waals surface area contributed by atoms with E-state index in [-0.39, 0.29) is 11.5 Å². The van der Waals surface area contributed by atoms with E-state index in [0.717, 1.165) is 47.8 Å². The highest BCUT2D eigenvalue weighted by molar-refractivity contribution is 7.99. The largest absolute Gasteiger partial charge is 0.336 e. The summed E-state index contributed by atoms with van der Waals surface area (Å²) < 4.78 is 1.78. The molecule has 1 aliphatic heterocycles. The third-order valence-corrected chi connectivity index (χ3v) is 8.28. The number of hydrogen-bond acceptors (Lipinski definition) is 4. The van der Waals surface area contributed by atoms with Crippen molar-refractivity contribution in [3.8, 4) is 0 Å². The van der Waals surface area contributed by atoms with Crippen LogP contribution in [-0.4, -0.2) is 38.2 Å². The number of aromatic nitrogens is 2. The first kappa shape index (κ1) is 21.0. The number of aryl methyl sites for hydroxylation is 1. The zero-order valence-electron chi connectivity index (χ0n) is 18.0. The van der Waals surface area contributed by atoms with E-state index >= 15 is 0 Å². The SMILES string of the molecule is CCc1c(C)nc2n(c1=O)CC(C(=O)N(C1CCCCC1)C1CCCCC1)CS2. The number of nitrogens with zero attached hydrogens (tertiary/aromatic N) is 3. The van der Waals surface area contributed by atoms with Gasteiger partial charge in [0.25, 0.3) is 5.56 Å². The average Bonchev–Trinajstić information content (AvgIpc) is 2.75. The van der Waals surface area contributed by atoms with Crippen LogP contribution in [0, 0.1) is 12.8 Å². The molecule has 160 valence electrons. The summed E-state index contributed by atoms with van der Waals surface area (Å²) in [6, 6.07) is 0.814. The number of carbonyl (C=O) groups excluding carboxylic acids is 1. The van der Waals surface area contributed by atoms with Crippen molar-refractivity contribution in [2.75, 3.05) is 5.75 Å². The summed E-state index contributed by atoms with van der Waals surface area (Å²) in [5, 5.41) is 0.788. The van der Waals surface area contributed by atoms with Gasteiger partial charge in [0.15, 0.2) is 5.16 Å². The molecule has 1 atom stereocenters. The van der Waals surface area contributed by atoms with E-state index in [1.54, 1.807) is 16.3 Å². The Balaban J connectivity index is 1.59. The lowest BCUT2D eigenvalue weighted by Gasteiger charge is -2.43. The minimum absolute atomic E-state index is 0.0573. The molecule has 0 aromatic carbocycles. The van der Waals surface area contributed by atoms with Gasteiger partial charge in [0.05, 0.1) is 5.92 Å². The molecule has 0 spiro atoms. The minimum atomic E-state index is -0.108. The van der Waals surface area contributed by atoms with E-state index < -0.39 is 0 Å². The van der Waals surface area contributed by atoms with Gasteiger partial charge >= 0.3 is 0 Å². The van der Waals surface area contributed by atoms with Gasteiger partial charge in [-0.05, 0) is 39.0 Å². The molecule has 5 nitrogen and oxygen atoms in total. The van der Waals surface area contributed by atoms with Gasteiger partial charge < -0.3 is 4.90 Å². The van der Waals surface area contributed by atoms with E-state index in [1.165, 1.54) is 38.5 Å². The fraction of sp³-hybridized carbons (Fsp3) is 0.783. The zero-order chi connectivity index (χ0) is 20.4. The molecule has 1 unspecified atom stereocenters. The van der Waals surface area contributed by atoms with E-state index in [4.69, 9.17) is 0 Å². The molecule has 0 bridgehead atoms. The van der Waals surface area contributed by atoms with Crippen molar-refractivity contribution in [3.63, 3.8) is 0 Å². The van der Waals surface area contributed by atoms with Crippen LogP contribution in [0.5, 0.6) is 0 Å². The Hall–Kier alpha value is -1.30. The number of amides is 1. The van der Waals surface area contributed by atoms with E-state index in [2.05, 4.69) is 9.88 Å². The topological polar surface area (TPSA) is 55.2 Å². The second-order valence-corrected chi connectivity index (χ2v) is 10.1. The Labute approximate surface area is 178 Å². The molecule has 0 radical (unpaired) electrons. The average molecular weight is 418 g/mol. The highest BCUT2D eigenvalue weighted by Gasteiger charge is 2.38. The summed E-state index contributed by atoms with van der Waals surface area (Å²) in [6.07, 6.45) is 12.9. The summed E-state index contributed by atoms with van der Waals surface area (Å²) in [5.41, 5.74) is 1.69. The number of thioether (sulfide) groups is 1. The van der Waals surface area contributed by atoms with Crippen LogP contribution in [0.25, 0.3) is 0 Å². The van der Waals surface area contributed by atoms with Crippen LogP contribution in [0.3, 0.4) is 0 Å². The molecule has 1 aromatic heterocycles. The van der Waals surface area contributed by atoms with Gasteiger partial charge in [0.2, 0.25) is 5.91 Å². The van der Waals surface area contributed by atoms with Crippen molar-refractivity contribution in [2.45, 2.75) is 108 Å². The summed E-state index contributed by atoms with van der Waals surface area (Å²) in [7, 11) is 0. The Morgan fingerprint density at radius 2 is 1.66 bits per heavy atom. The molecule has 29 heavy (non-hydrogen) atoms. The maximum absolute atomic E-state index is 13.8. The molecule has 4 rings (SSSR count). The quantitative estimate of drug-likeness (QED) is 0.684. The van der Waals surface area contributed by atoms with Crippen LogP contribution in [0.4, 0.5) is 0 Å². The van der Waals surface area contributed by atoms with Crippen LogP contribution in [0.1, 0.15) is 82.4 Å². The first-order chi connectivity index (χ1) is 14.1. The van der Waals surface area contributed by atoms with Crippen molar-refractivity contribution in [1.82, 2.24) is 14.5 Å². The summed E-state index contributed by atoms with van der Waals surface area (Å²) in [6.45, 7) is 4.42. The first-order valence-corrected chi connectivity index (χ1v) is 12.6. The molecular formula is C23H35N3O2S. The minimum Gasteiger partial charge on any atom is -0.336 e. The summed E-state index contributed by atoms with van der Waals surface area (Å²) in [5.74, 6) is 0.933. The highest BCUT2D eigenvalue weighted by Crippen LogP contribution is 2.34. The van der Waals surface area contributed by atoms with Crippen molar-refractivity contribution < 1.29 is 4.79 Å². The van der Waals surface area contributed by atoms with E-state index in [9.17, 15) is 9.59 Å². The molecule has 2 heterocycles. The molecule has 3 aliphatic rings. The maximum Gasteiger partial charge on any atom is 0.257 e. The van der Waals surface area contributed by atoms with Crippen molar-refractivity contribution >= 4 is 17.7 Å². The van der Waals surface area contributed by atoms with Gasteiger partial charge in [0.1, 0.15) is 0 Å². The summed E-state index contributed by atoms with van der Waals surface area (Å²) >= 11 is 1.59. The number of rotatable bonds is 4. The second-order valence-electron chi connectivity index (χ2n) is 9.06. The summed E-state index contributed by atoms with van der Waals surface area (Å²) in [4.78, 5) is 33.8. The van der Waals surface area contributed by atoms with Crippen molar-refractivity contribution in [3.05, 3.63) is 21.6 Å². The Bertz CT molecular complexity index is 776. The number of carbonyl (C=O) groups is 1. The lowest BCUT2D eigenvalue weighted by molar-refractivity contribution is -0.142. The first-order valence-electron chi connectivity index (χ1n) is 11.7. The molecule has 0 saturated heterocycles. The molecule has 1 aromatic rings. The molecule has 0 N–H and O–H groups in total. The molecule has 2 fully saturated rings. The smallest absolute Gasteiger partial charge is 0.257 e. The van der Waals surface area contributed by atoms with Gasteiger partial charge in [0, 0.05) is 35.6 Å². The Morgan fingerprint density at radius 1 is 1.07 bits per heavy atom. The lowest BCUT2D eigenvalue weighted by Crippen LogP contribution is -2.53. The number of fused-ring (bicyclic) bond motifs is 1. The second kappa shape index (κ2) is 9.23. The van der Waals surface area contributed by atoms with Crippen LogP contribution in [-0.2, 0) is 17.8 Å². The normalized spacial score (nSPS) is 23.6. The van der Waals surface area contributed by atoms with Crippen LogP contribution >= 0.6 is 11.8 Å². The van der Waals surface area contributed by atoms with Crippen LogP contribution in [0.15, 0.2) is 9.95 Å². The standard InChI is InChI=1S/C23H35N3O2S/c1-3-20-16(2)24-23-25(22(20)28)14-17(15-29-23)21(27)26(18-10-6-4-7-11-18)19-12-8-5-9-13-19/h17-19H,3-15H2,1-2H3. The predicted octanol–water partition coefficient (Wildman–Crippen LogP) is 4.33. The highest BCUT2D eigenvalue weighted by atomic mass is 32.2. The Kier molecular flexibility index (Phi) is 6.67. The third kappa shape index (κ3) is 4.28. The fourth-order valence-corrected chi connectivity index (χ4v) is 6.65. The van der Waals surface area contributed by atoms with Gasteiger partial charge in [-0.1, -0.05) is 57.2 Å². The molecule has 2 aliphatic carbocycles. The molecule has 6 heteroatoms. The van der Waals surface area contributed by atoms with Gasteiger partial charge in [-0.3, -0.25) is 14.2 Å². The zero-order valence-corrected chi connectivity index (χ0v) is 18.8. The van der Waals surface area contributed by atoms with Gasteiger partial charge in [-0.2, -0.15) is 0 Å². The van der Waals surface area contributed by atoms with Gasteiger partial charge in [-0.25, -0.2) is 4.98 Å². The predicted molar refractivity (Wildman–Crippen MR) is 117 cm³/mol. The maximum atomic E-state index is 13.8. The molecule has 1 amide bonds. The number of hydrogen-bond donors (Lipinski definition) is 0.